The van der Waals surface area contributed by atoms with Crippen molar-refractivity contribution >= 4 is 31.7 Å². The summed E-state index contributed by atoms with van der Waals surface area (Å²) < 4.78 is 32.8. The quantitative estimate of drug-likeness (QED) is 0.550. The Balaban J connectivity index is 3.35. The minimum absolute atomic E-state index is 0.128. The van der Waals surface area contributed by atoms with Crippen molar-refractivity contribution in [3.05, 3.63) is 32.9 Å². The summed E-state index contributed by atoms with van der Waals surface area (Å²) >= 11 is -4.09. The highest BCUT2D eigenvalue weighted by molar-refractivity contribution is 14.2. The van der Waals surface area contributed by atoms with E-state index in [-0.39, 0.29) is 14.7 Å². The molecule has 0 aliphatic heterocycles. The molecule has 0 saturated carbocycles. The number of ether oxygens (including phenoxy) is 2. The van der Waals surface area contributed by atoms with Gasteiger partial charge < -0.3 is 9.47 Å². The van der Waals surface area contributed by atoms with Gasteiger partial charge in [-0.15, -0.1) is 0 Å². The third kappa shape index (κ3) is 4.76. The molecule has 6 nitrogen and oxygen atoms in total. The molecular weight excluding hydrogens is 391 g/mol. The first-order valence-electron chi connectivity index (χ1n) is 6.34. The summed E-state index contributed by atoms with van der Waals surface area (Å²) in [4.78, 5) is 23.9. The molecule has 0 aliphatic carbocycles. The molecule has 0 bridgehead atoms. The van der Waals surface area contributed by atoms with Gasteiger partial charge in [-0.05, 0) is 39.8 Å². The number of benzene rings is 1. The molecule has 0 radical (unpaired) electrons. The SMILES string of the molecule is CC(C)OC(=O)c1cccc(C(=O)OC(C)C)c1I(=O)=O. The molecule has 0 atom stereocenters. The van der Waals surface area contributed by atoms with Crippen LogP contribution in [0.5, 0.6) is 0 Å². The molecule has 0 spiro atoms. The molecule has 0 aromatic heterocycles. The van der Waals surface area contributed by atoms with Crippen LogP contribution in [0, 0.1) is 3.57 Å². The van der Waals surface area contributed by atoms with Crippen molar-refractivity contribution < 1.29 is 25.2 Å². The largest absolute Gasteiger partial charge is 0.459 e. The number of esters is 2. The molecule has 116 valence electrons. The highest BCUT2D eigenvalue weighted by Gasteiger charge is 2.25. The molecule has 7 heteroatoms. The predicted octanol–water partition coefficient (Wildman–Crippen LogP) is 3.18. The predicted molar refractivity (Wildman–Crippen MR) is 81.6 cm³/mol. The number of carbonyl (C=O) groups is 2. The van der Waals surface area contributed by atoms with E-state index < -0.39 is 43.9 Å². The second-order valence-corrected chi connectivity index (χ2v) is 7.11. The highest BCUT2D eigenvalue weighted by Crippen LogP contribution is 2.27. The number of carbonyl (C=O) groups excluding carboxylic acids is 2. The summed E-state index contributed by atoms with van der Waals surface area (Å²) in [6.45, 7) is 6.61. The van der Waals surface area contributed by atoms with Crippen molar-refractivity contribution in [1.82, 2.24) is 0 Å². The van der Waals surface area contributed by atoms with Crippen LogP contribution in [0.3, 0.4) is 0 Å². The van der Waals surface area contributed by atoms with Gasteiger partial charge in [0.1, 0.15) is 3.57 Å². The molecule has 0 N–H and O–H groups in total. The van der Waals surface area contributed by atoms with Crippen LogP contribution in [0.1, 0.15) is 48.4 Å². The Hall–Kier alpha value is -1.51. The van der Waals surface area contributed by atoms with E-state index in [1.54, 1.807) is 27.7 Å². The summed E-state index contributed by atoms with van der Waals surface area (Å²) in [6, 6.07) is 4.08. The van der Waals surface area contributed by atoms with Gasteiger partial charge in [0.15, 0.2) is 0 Å². The van der Waals surface area contributed by atoms with Gasteiger partial charge in [0.25, 0.3) is 0 Å². The Morgan fingerprint density at radius 1 is 0.905 bits per heavy atom. The lowest BCUT2D eigenvalue weighted by atomic mass is 10.1. The maximum Gasteiger partial charge on any atom is 0.342 e. The second kappa shape index (κ2) is 7.48. The zero-order valence-electron chi connectivity index (χ0n) is 12.2. The second-order valence-electron chi connectivity index (χ2n) is 4.79. The third-order valence-corrected chi connectivity index (χ3v) is 4.32. The number of hydrogen-bond donors (Lipinski definition) is 0. The van der Waals surface area contributed by atoms with Crippen LogP contribution in [0.4, 0.5) is 0 Å². The molecule has 1 aromatic carbocycles. The van der Waals surface area contributed by atoms with Gasteiger partial charge in [0.05, 0.1) is 23.3 Å². The van der Waals surface area contributed by atoms with E-state index in [9.17, 15) is 15.7 Å². The number of halogens is 1. The summed E-state index contributed by atoms with van der Waals surface area (Å²) in [5.41, 5.74) is -0.255. The van der Waals surface area contributed by atoms with Crippen molar-refractivity contribution in [2.24, 2.45) is 0 Å². The first-order valence-corrected chi connectivity index (χ1v) is 9.18. The van der Waals surface area contributed by atoms with E-state index in [4.69, 9.17) is 9.47 Å². The van der Waals surface area contributed by atoms with Gasteiger partial charge in [-0.25, -0.2) is 15.7 Å². The summed E-state index contributed by atoms with van der Waals surface area (Å²) in [7, 11) is 0. The van der Waals surface area contributed by atoms with E-state index in [0.717, 1.165) is 0 Å². The van der Waals surface area contributed by atoms with Crippen molar-refractivity contribution in [3.63, 3.8) is 0 Å². The van der Waals surface area contributed by atoms with Gasteiger partial charge in [-0.1, -0.05) is 6.07 Å². The average Bonchev–Trinajstić information content (AvgIpc) is 2.35. The molecule has 0 unspecified atom stereocenters. The topological polar surface area (TPSA) is 86.7 Å². The van der Waals surface area contributed by atoms with E-state index in [0.29, 0.717) is 0 Å². The van der Waals surface area contributed by atoms with Crippen LogP contribution in [0.2, 0.25) is 0 Å². The molecule has 0 heterocycles. The zero-order chi connectivity index (χ0) is 16.2. The maximum absolute atomic E-state index is 12.0. The van der Waals surface area contributed by atoms with Gasteiger partial charge in [0.2, 0.25) is 0 Å². The molecule has 21 heavy (non-hydrogen) atoms. The van der Waals surface area contributed by atoms with Gasteiger partial charge in [-0.3, -0.25) is 0 Å². The summed E-state index contributed by atoms with van der Waals surface area (Å²) in [5, 5.41) is 0. The Bertz CT molecular complexity index is 568. The Labute approximate surface area is 130 Å². The smallest absolute Gasteiger partial charge is 0.342 e. The molecule has 0 amide bonds. The highest BCUT2D eigenvalue weighted by atomic mass is 127. The lowest BCUT2D eigenvalue weighted by Gasteiger charge is -2.12. The Morgan fingerprint density at radius 3 is 1.57 bits per heavy atom. The number of rotatable bonds is 5. The molecule has 0 saturated heterocycles. The van der Waals surface area contributed by atoms with Gasteiger partial charge in [-0.2, -0.15) is 0 Å². The van der Waals surface area contributed by atoms with Crippen LogP contribution in [-0.2, 0) is 15.6 Å². The molecule has 1 rings (SSSR count). The first-order chi connectivity index (χ1) is 9.73. The fourth-order valence-corrected chi connectivity index (χ4v) is 3.32. The number of hydrogen-bond acceptors (Lipinski definition) is 6. The Morgan fingerprint density at radius 2 is 1.29 bits per heavy atom. The van der Waals surface area contributed by atoms with E-state index in [2.05, 4.69) is 0 Å². The van der Waals surface area contributed by atoms with Crippen molar-refractivity contribution in [2.45, 2.75) is 39.9 Å². The first kappa shape index (κ1) is 17.5. The molecular formula is C14H17IO6. The Kier molecular flexibility index (Phi) is 6.25. The monoisotopic (exact) mass is 408 g/mol. The fraction of sp³-hybridized carbons (Fsp3) is 0.429. The van der Waals surface area contributed by atoms with Crippen LogP contribution >= 0.6 is 19.8 Å². The standard InChI is InChI=1S/C14H17IO6/c1-8(2)20-13(16)10-6-5-7-11(12(10)15(18)19)14(17)21-9(3)4/h5-9H,1-4H3. The third-order valence-electron chi connectivity index (χ3n) is 2.28. The summed E-state index contributed by atoms with van der Waals surface area (Å²) in [5.74, 6) is -1.54. The minimum atomic E-state index is -4.09. The van der Waals surface area contributed by atoms with Crippen LogP contribution < -0.4 is 0 Å². The van der Waals surface area contributed by atoms with Gasteiger partial charge in [0, 0.05) is 0 Å². The summed E-state index contributed by atoms with van der Waals surface area (Å²) in [6.07, 6.45) is -0.783. The van der Waals surface area contributed by atoms with E-state index in [1.165, 1.54) is 18.2 Å². The van der Waals surface area contributed by atoms with Crippen molar-refractivity contribution in [3.8, 4) is 0 Å². The van der Waals surface area contributed by atoms with Gasteiger partial charge >= 0.3 is 31.7 Å². The van der Waals surface area contributed by atoms with Crippen LogP contribution in [0.15, 0.2) is 18.2 Å². The fourth-order valence-electron chi connectivity index (χ4n) is 1.57. The van der Waals surface area contributed by atoms with Crippen LogP contribution in [0.25, 0.3) is 0 Å². The lowest BCUT2D eigenvalue weighted by Crippen LogP contribution is -2.17. The zero-order valence-corrected chi connectivity index (χ0v) is 14.4. The van der Waals surface area contributed by atoms with E-state index in [1.807, 2.05) is 0 Å². The van der Waals surface area contributed by atoms with Crippen molar-refractivity contribution in [2.75, 3.05) is 0 Å². The average molecular weight is 408 g/mol. The maximum atomic E-state index is 12.0. The molecule has 1 aromatic rings. The van der Waals surface area contributed by atoms with Crippen molar-refractivity contribution in [1.29, 1.82) is 0 Å². The minimum Gasteiger partial charge on any atom is -0.459 e. The molecule has 0 aliphatic rings. The van der Waals surface area contributed by atoms with E-state index >= 15 is 0 Å². The van der Waals surface area contributed by atoms with Crippen LogP contribution in [-0.4, -0.2) is 24.1 Å². The molecule has 0 fully saturated rings. The lowest BCUT2D eigenvalue weighted by molar-refractivity contribution is 0.0375. The normalized spacial score (nSPS) is 11.0.